The number of Topliss-reactive ketones (excluding diaryl/α,β-unsaturated/α-hetero) is 1. The summed E-state index contributed by atoms with van der Waals surface area (Å²) in [5.41, 5.74) is 5.23. The van der Waals surface area contributed by atoms with E-state index in [0.29, 0.717) is 11.1 Å². The van der Waals surface area contributed by atoms with Crippen LogP contribution in [0.15, 0.2) is 127 Å². The molecule has 0 aromatic heterocycles. The van der Waals surface area contributed by atoms with Crippen LogP contribution in [0, 0.1) is 28.6 Å². The highest BCUT2D eigenvalue weighted by atomic mass is 16.1. The first-order chi connectivity index (χ1) is 19.2. The summed E-state index contributed by atoms with van der Waals surface area (Å²) in [5, 5.41) is 20.3. The van der Waals surface area contributed by atoms with Gasteiger partial charge in [0.05, 0.1) is 6.04 Å². The number of anilines is 1. The van der Waals surface area contributed by atoms with Gasteiger partial charge < -0.3 is 4.90 Å². The van der Waals surface area contributed by atoms with E-state index in [9.17, 15) is 15.3 Å². The molecule has 0 bridgehead atoms. The summed E-state index contributed by atoms with van der Waals surface area (Å²) >= 11 is 0. The van der Waals surface area contributed by atoms with Crippen LogP contribution >= 0.6 is 0 Å². The number of hydrogen-bond donors (Lipinski definition) is 0. The number of para-hydroxylation sites is 1. The highest BCUT2D eigenvalue weighted by Crippen LogP contribution is 2.54. The SMILES string of the molecule is N#CC(C#N)=C(c1ccccc1)[C@@H]1[C@H](c2ccccc2)[C@@H](C(=O)c2ccccc2)N2c3ccccc3C=C[C@H]12. The number of fused-ring (bicyclic) bond motifs is 3. The number of benzene rings is 4. The fraction of sp³-hybridized carbons (Fsp3) is 0.114. The number of rotatable bonds is 5. The molecule has 6 rings (SSSR count). The average molecular weight is 504 g/mol. The number of hydrogen-bond acceptors (Lipinski definition) is 4. The van der Waals surface area contributed by atoms with Crippen LogP contribution in [0.4, 0.5) is 5.69 Å². The molecular formula is C35H25N3O. The van der Waals surface area contributed by atoms with Gasteiger partial charge in [-0.05, 0) is 28.3 Å². The molecule has 4 heteroatoms. The standard InChI is InChI=1S/C35H25N3O/c36-22-28(23-37)31(25-13-4-1-5-14-25)33-30-21-20-24-12-10-11-19-29(24)38(30)34(32(33)26-15-6-2-7-16-26)35(39)27-17-8-3-9-18-27/h1-21,30,32-34H/t30-,32+,33-,34+/m1/s1. The summed E-state index contributed by atoms with van der Waals surface area (Å²) in [7, 11) is 0. The van der Waals surface area contributed by atoms with Crippen molar-refractivity contribution in [2.24, 2.45) is 5.92 Å². The van der Waals surface area contributed by atoms with Crippen LogP contribution in [0.1, 0.15) is 33.0 Å². The van der Waals surface area contributed by atoms with Crippen molar-refractivity contribution < 1.29 is 4.79 Å². The Labute approximate surface area is 228 Å². The monoisotopic (exact) mass is 503 g/mol. The number of allylic oxidation sites excluding steroid dienone is 1. The Kier molecular flexibility index (Phi) is 6.37. The van der Waals surface area contributed by atoms with Gasteiger partial charge in [-0.1, -0.05) is 121 Å². The number of carbonyl (C=O) groups excluding carboxylic acids is 1. The molecule has 4 atom stereocenters. The van der Waals surface area contributed by atoms with Gasteiger partial charge in [-0.3, -0.25) is 4.79 Å². The Morgan fingerprint density at radius 3 is 1.90 bits per heavy atom. The minimum Gasteiger partial charge on any atom is -0.353 e. The van der Waals surface area contributed by atoms with Gasteiger partial charge in [0.15, 0.2) is 5.78 Å². The van der Waals surface area contributed by atoms with Gasteiger partial charge in [-0.2, -0.15) is 10.5 Å². The largest absolute Gasteiger partial charge is 0.353 e. The molecule has 0 N–H and O–H groups in total. The second kappa shape index (κ2) is 10.3. The van der Waals surface area contributed by atoms with Crippen molar-refractivity contribution in [3.63, 3.8) is 0 Å². The van der Waals surface area contributed by atoms with Crippen molar-refractivity contribution >= 4 is 23.1 Å². The third kappa shape index (κ3) is 4.13. The molecule has 0 spiro atoms. The van der Waals surface area contributed by atoms with Crippen molar-refractivity contribution in [1.29, 1.82) is 10.5 Å². The predicted molar refractivity (Wildman–Crippen MR) is 154 cm³/mol. The molecule has 4 aromatic rings. The molecule has 0 aliphatic carbocycles. The van der Waals surface area contributed by atoms with Crippen molar-refractivity contribution in [1.82, 2.24) is 0 Å². The lowest BCUT2D eigenvalue weighted by atomic mass is 9.73. The van der Waals surface area contributed by atoms with Gasteiger partial charge >= 0.3 is 0 Å². The molecule has 186 valence electrons. The molecule has 0 saturated carbocycles. The fourth-order valence-electron chi connectivity index (χ4n) is 6.27. The highest BCUT2D eigenvalue weighted by Gasteiger charge is 2.54. The average Bonchev–Trinajstić information content (AvgIpc) is 3.36. The van der Waals surface area contributed by atoms with E-state index in [1.165, 1.54) is 0 Å². The van der Waals surface area contributed by atoms with E-state index in [4.69, 9.17) is 0 Å². The van der Waals surface area contributed by atoms with Gasteiger partial charge in [0.1, 0.15) is 23.8 Å². The maximum atomic E-state index is 14.5. The molecular weight excluding hydrogens is 478 g/mol. The molecule has 1 fully saturated rings. The van der Waals surface area contributed by atoms with E-state index in [-0.39, 0.29) is 29.2 Å². The van der Waals surface area contributed by atoms with E-state index in [2.05, 4.69) is 53.5 Å². The van der Waals surface area contributed by atoms with Crippen LogP contribution in [-0.4, -0.2) is 17.9 Å². The summed E-state index contributed by atoms with van der Waals surface area (Å²) in [6, 6.07) is 40.8. The molecule has 0 unspecified atom stereocenters. The number of nitrogens with zero attached hydrogens (tertiary/aromatic N) is 3. The first-order valence-electron chi connectivity index (χ1n) is 13.0. The van der Waals surface area contributed by atoms with Crippen LogP contribution in [0.5, 0.6) is 0 Å². The van der Waals surface area contributed by atoms with Crippen molar-refractivity contribution in [3.8, 4) is 12.1 Å². The Balaban J connectivity index is 1.67. The van der Waals surface area contributed by atoms with Gasteiger partial charge in [-0.25, -0.2) is 0 Å². The smallest absolute Gasteiger partial charge is 0.185 e. The molecule has 2 aliphatic rings. The van der Waals surface area contributed by atoms with Crippen molar-refractivity contribution in [2.75, 3.05) is 4.90 Å². The molecule has 0 radical (unpaired) electrons. The third-order valence-electron chi connectivity index (χ3n) is 7.83. The molecule has 2 heterocycles. The molecule has 2 aliphatic heterocycles. The molecule has 39 heavy (non-hydrogen) atoms. The van der Waals surface area contributed by atoms with Crippen LogP contribution < -0.4 is 4.90 Å². The van der Waals surface area contributed by atoms with Crippen LogP contribution in [0.2, 0.25) is 0 Å². The number of nitriles is 2. The second-order valence-corrected chi connectivity index (χ2v) is 9.83. The zero-order chi connectivity index (χ0) is 26.8. The lowest BCUT2D eigenvalue weighted by molar-refractivity contribution is 0.0953. The summed E-state index contributed by atoms with van der Waals surface area (Å²) < 4.78 is 0. The summed E-state index contributed by atoms with van der Waals surface area (Å²) in [6.45, 7) is 0. The van der Waals surface area contributed by atoms with Crippen LogP contribution in [0.3, 0.4) is 0 Å². The van der Waals surface area contributed by atoms with Crippen molar-refractivity contribution in [2.45, 2.75) is 18.0 Å². The van der Waals surface area contributed by atoms with Crippen molar-refractivity contribution in [3.05, 3.63) is 149 Å². The molecule has 0 amide bonds. The number of carbonyl (C=O) groups is 1. The summed E-state index contributed by atoms with van der Waals surface area (Å²) in [4.78, 5) is 16.7. The first-order valence-corrected chi connectivity index (χ1v) is 13.0. The Morgan fingerprint density at radius 1 is 0.692 bits per heavy atom. The van der Waals surface area contributed by atoms with E-state index < -0.39 is 6.04 Å². The van der Waals surface area contributed by atoms with Crippen LogP contribution in [0.25, 0.3) is 11.6 Å². The van der Waals surface area contributed by atoms with Crippen LogP contribution in [-0.2, 0) is 0 Å². The molecule has 4 nitrogen and oxygen atoms in total. The maximum Gasteiger partial charge on any atom is 0.185 e. The molecule has 1 saturated heterocycles. The second-order valence-electron chi connectivity index (χ2n) is 9.83. The Bertz CT molecular complexity index is 1640. The predicted octanol–water partition coefficient (Wildman–Crippen LogP) is 7.05. The topological polar surface area (TPSA) is 67.9 Å². The third-order valence-corrected chi connectivity index (χ3v) is 7.83. The quantitative estimate of drug-likeness (QED) is 0.216. The van der Waals surface area contributed by atoms with Gasteiger partial charge in [0.25, 0.3) is 0 Å². The summed E-state index contributed by atoms with van der Waals surface area (Å²) in [5.74, 6) is -0.622. The summed E-state index contributed by atoms with van der Waals surface area (Å²) in [6.07, 6.45) is 4.23. The minimum atomic E-state index is -0.548. The van der Waals surface area contributed by atoms with Gasteiger partial charge in [0.2, 0.25) is 0 Å². The maximum absolute atomic E-state index is 14.5. The van der Waals surface area contributed by atoms with E-state index in [0.717, 1.165) is 22.4 Å². The highest BCUT2D eigenvalue weighted by molar-refractivity contribution is 6.04. The lowest BCUT2D eigenvalue weighted by Crippen LogP contribution is -2.43. The van der Waals surface area contributed by atoms with Gasteiger partial charge in [-0.15, -0.1) is 0 Å². The van der Waals surface area contributed by atoms with Gasteiger partial charge in [0, 0.05) is 23.1 Å². The minimum absolute atomic E-state index is 0.0185. The van der Waals surface area contributed by atoms with E-state index >= 15 is 0 Å². The van der Waals surface area contributed by atoms with E-state index in [1.54, 1.807) is 0 Å². The Hall–Kier alpha value is -5.19. The zero-order valence-corrected chi connectivity index (χ0v) is 21.2. The molecule has 4 aromatic carbocycles. The zero-order valence-electron chi connectivity index (χ0n) is 21.2. The number of ketones is 1. The Morgan fingerprint density at radius 2 is 1.26 bits per heavy atom. The fourth-order valence-corrected chi connectivity index (χ4v) is 6.27. The first kappa shape index (κ1) is 24.2. The van der Waals surface area contributed by atoms with E-state index in [1.807, 2.05) is 91.0 Å². The normalized spacial score (nSPS) is 20.7. The lowest BCUT2D eigenvalue weighted by Gasteiger charge is -2.36.